The van der Waals surface area contributed by atoms with Crippen LogP contribution in [0.5, 0.6) is 0 Å². The first-order valence-electron chi connectivity index (χ1n) is 8.99. The van der Waals surface area contributed by atoms with Gasteiger partial charge in [-0.1, -0.05) is 12.8 Å². The molecule has 4 amide bonds. The molecule has 0 radical (unpaired) electrons. The zero-order valence-electron chi connectivity index (χ0n) is 14.5. The van der Waals surface area contributed by atoms with E-state index in [0.29, 0.717) is 12.8 Å². The summed E-state index contributed by atoms with van der Waals surface area (Å²) in [6.45, 7) is 0.275. The molecule has 1 aliphatic carbocycles. The lowest BCUT2D eigenvalue weighted by Gasteiger charge is -2.33. The topological polar surface area (TPSA) is 98.2 Å². The highest BCUT2D eigenvalue weighted by Crippen LogP contribution is 2.40. The molecule has 3 rings (SSSR count). The largest absolute Gasteiger partial charge is 0.480 e. The van der Waals surface area contributed by atoms with E-state index in [4.69, 9.17) is 0 Å². The molecule has 0 aromatic heterocycles. The fourth-order valence-corrected chi connectivity index (χ4v) is 4.45. The zero-order valence-corrected chi connectivity index (χ0v) is 14.5. The van der Waals surface area contributed by atoms with Crippen LogP contribution in [-0.4, -0.2) is 75.8 Å². The Hall–Kier alpha value is -2.12. The smallest absolute Gasteiger partial charge is 0.326 e. The standard InChI is InChI=1S/C17H25N3O5/c1-18-10-15(22)19(17(18)25)8-4-7-14(21)20-12-6-3-2-5-11(12)9-13(20)16(23)24/h11-13H,2-10H2,1H3,(H,23,24)/t11-,12+,13+/m1/s1. The van der Waals surface area contributed by atoms with E-state index in [0.717, 1.165) is 30.6 Å². The molecule has 0 spiro atoms. The number of carboxylic acid groups (broad SMARTS) is 1. The first-order chi connectivity index (χ1) is 11.9. The van der Waals surface area contributed by atoms with Crippen molar-refractivity contribution in [2.24, 2.45) is 5.92 Å². The number of fused-ring (bicyclic) bond motifs is 1. The lowest BCUT2D eigenvalue weighted by Crippen LogP contribution is -2.46. The van der Waals surface area contributed by atoms with Crippen molar-refractivity contribution in [1.82, 2.24) is 14.7 Å². The van der Waals surface area contributed by atoms with Gasteiger partial charge < -0.3 is 14.9 Å². The van der Waals surface area contributed by atoms with E-state index in [9.17, 15) is 24.3 Å². The van der Waals surface area contributed by atoms with Crippen molar-refractivity contribution < 1.29 is 24.3 Å². The third kappa shape index (κ3) is 3.34. The van der Waals surface area contributed by atoms with Crippen LogP contribution in [0.25, 0.3) is 0 Å². The number of carboxylic acids is 1. The summed E-state index contributed by atoms with van der Waals surface area (Å²) >= 11 is 0. The summed E-state index contributed by atoms with van der Waals surface area (Å²) in [5, 5.41) is 9.48. The Morgan fingerprint density at radius 2 is 1.92 bits per heavy atom. The number of likely N-dealkylation sites (tertiary alicyclic amines) is 1. The molecule has 3 aliphatic rings. The van der Waals surface area contributed by atoms with Gasteiger partial charge in [-0.2, -0.15) is 0 Å². The number of likely N-dealkylation sites (N-methyl/N-ethyl adjacent to an activating group) is 1. The summed E-state index contributed by atoms with van der Waals surface area (Å²) in [6.07, 6.45) is 5.05. The quantitative estimate of drug-likeness (QED) is 0.742. The molecule has 1 saturated carbocycles. The minimum absolute atomic E-state index is 0.0310. The molecule has 3 fully saturated rings. The van der Waals surface area contributed by atoms with Gasteiger partial charge >= 0.3 is 12.0 Å². The van der Waals surface area contributed by atoms with E-state index in [1.54, 1.807) is 11.9 Å². The maximum Gasteiger partial charge on any atom is 0.326 e. The fourth-order valence-electron chi connectivity index (χ4n) is 4.45. The molecule has 0 aromatic rings. The Morgan fingerprint density at radius 1 is 1.20 bits per heavy atom. The van der Waals surface area contributed by atoms with Crippen molar-refractivity contribution in [3.05, 3.63) is 0 Å². The average Bonchev–Trinajstić information content (AvgIpc) is 3.07. The molecule has 1 N–H and O–H groups in total. The van der Waals surface area contributed by atoms with Gasteiger partial charge in [0, 0.05) is 26.1 Å². The molecule has 3 atom stereocenters. The van der Waals surface area contributed by atoms with Crippen LogP contribution in [0.2, 0.25) is 0 Å². The minimum Gasteiger partial charge on any atom is -0.480 e. The predicted molar refractivity (Wildman–Crippen MR) is 87.6 cm³/mol. The van der Waals surface area contributed by atoms with E-state index < -0.39 is 12.0 Å². The number of urea groups is 1. The van der Waals surface area contributed by atoms with Gasteiger partial charge in [0.2, 0.25) is 11.8 Å². The number of hydrogen-bond donors (Lipinski definition) is 1. The van der Waals surface area contributed by atoms with E-state index in [1.165, 1.54) is 4.90 Å². The van der Waals surface area contributed by atoms with Gasteiger partial charge in [-0.3, -0.25) is 14.5 Å². The third-order valence-corrected chi connectivity index (χ3v) is 5.66. The number of carbonyl (C=O) groups excluding carboxylic acids is 3. The molecule has 138 valence electrons. The number of rotatable bonds is 5. The Morgan fingerprint density at radius 3 is 2.56 bits per heavy atom. The second-order valence-corrected chi connectivity index (χ2v) is 7.29. The second-order valence-electron chi connectivity index (χ2n) is 7.29. The van der Waals surface area contributed by atoms with Crippen molar-refractivity contribution in [2.75, 3.05) is 20.1 Å². The van der Waals surface area contributed by atoms with Crippen molar-refractivity contribution in [3.8, 4) is 0 Å². The van der Waals surface area contributed by atoms with Crippen LogP contribution in [0.15, 0.2) is 0 Å². The van der Waals surface area contributed by atoms with E-state index in [1.807, 2.05) is 0 Å². The Labute approximate surface area is 146 Å². The van der Waals surface area contributed by atoms with Gasteiger partial charge in [0.25, 0.3) is 0 Å². The van der Waals surface area contributed by atoms with E-state index in [2.05, 4.69) is 0 Å². The van der Waals surface area contributed by atoms with Gasteiger partial charge in [0.15, 0.2) is 0 Å². The van der Waals surface area contributed by atoms with Gasteiger partial charge in [-0.05, 0) is 31.6 Å². The number of aliphatic carboxylic acids is 1. The Kier molecular flexibility index (Phi) is 4.96. The predicted octanol–water partition coefficient (Wildman–Crippen LogP) is 0.905. The molecule has 0 unspecified atom stereocenters. The van der Waals surface area contributed by atoms with Crippen LogP contribution >= 0.6 is 0 Å². The summed E-state index contributed by atoms with van der Waals surface area (Å²) in [7, 11) is 1.57. The molecule has 25 heavy (non-hydrogen) atoms. The molecule has 2 aliphatic heterocycles. The van der Waals surface area contributed by atoms with Gasteiger partial charge in [0.1, 0.15) is 12.6 Å². The molecule has 8 heteroatoms. The maximum absolute atomic E-state index is 12.7. The number of amides is 4. The Bertz CT molecular complexity index is 593. The summed E-state index contributed by atoms with van der Waals surface area (Å²) in [4.78, 5) is 51.9. The van der Waals surface area contributed by atoms with E-state index >= 15 is 0 Å². The number of hydrogen-bond acceptors (Lipinski definition) is 4. The average molecular weight is 351 g/mol. The summed E-state index contributed by atoms with van der Waals surface area (Å²) in [5.74, 6) is -1.07. The summed E-state index contributed by atoms with van der Waals surface area (Å²) in [6, 6.07) is -1.04. The summed E-state index contributed by atoms with van der Waals surface area (Å²) < 4.78 is 0. The fraction of sp³-hybridized carbons (Fsp3) is 0.765. The second kappa shape index (κ2) is 7.01. The summed E-state index contributed by atoms with van der Waals surface area (Å²) in [5.41, 5.74) is 0. The number of nitrogens with zero attached hydrogens (tertiary/aromatic N) is 3. The van der Waals surface area contributed by atoms with Gasteiger partial charge in [-0.15, -0.1) is 0 Å². The van der Waals surface area contributed by atoms with Crippen LogP contribution in [0.3, 0.4) is 0 Å². The normalized spacial score (nSPS) is 29.3. The first-order valence-corrected chi connectivity index (χ1v) is 8.99. The first kappa shape index (κ1) is 17.7. The molecule has 2 saturated heterocycles. The van der Waals surface area contributed by atoms with Crippen molar-refractivity contribution in [2.45, 2.75) is 57.0 Å². The number of carbonyl (C=O) groups is 4. The van der Waals surface area contributed by atoms with Crippen molar-refractivity contribution in [3.63, 3.8) is 0 Å². The zero-order chi connectivity index (χ0) is 18.1. The Balaban J connectivity index is 1.58. The highest BCUT2D eigenvalue weighted by molar-refractivity contribution is 6.01. The van der Waals surface area contributed by atoms with Gasteiger partial charge in [-0.25, -0.2) is 9.59 Å². The van der Waals surface area contributed by atoms with Crippen molar-refractivity contribution >= 4 is 23.8 Å². The monoisotopic (exact) mass is 351 g/mol. The van der Waals surface area contributed by atoms with Crippen LogP contribution in [0, 0.1) is 5.92 Å². The van der Waals surface area contributed by atoms with Crippen LogP contribution in [-0.2, 0) is 14.4 Å². The van der Waals surface area contributed by atoms with Crippen LogP contribution in [0.1, 0.15) is 44.9 Å². The van der Waals surface area contributed by atoms with Gasteiger partial charge in [0.05, 0.1) is 0 Å². The lowest BCUT2D eigenvalue weighted by molar-refractivity contribution is -0.150. The molecular weight excluding hydrogens is 326 g/mol. The van der Waals surface area contributed by atoms with Crippen molar-refractivity contribution in [1.29, 1.82) is 0 Å². The molecule has 0 aromatic carbocycles. The molecule has 2 heterocycles. The molecule has 0 bridgehead atoms. The maximum atomic E-state index is 12.7. The minimum atomic E-state index is -0.936. The molecule has 8 nitrogen and oxygen atoms in total. The number of imide groups is 1. The van der Waals surface area contributed by atoms with Crippen LogP contribution < -0.4 is 0 Å². The SMILES string of the molecule is CN1CC(=O)N(CCCC(=O)N2[C@H](C(=O)O)C[C@H]3CCCC[C@@H]32)C1=O. The molecular formula is C17H25N3O5. The van der Waals surface area contributed by atoms with Crippen LogP contribution in [0.4, 0.5) is 4.79 Å². The highest BCUT2D eigenvalue weighted by atomic mass is 16.4. The lowest BCUT2D eigenvalue weighted by atomic mass is 9.84. The van der Waals surface area contributed by atoms with E-state index in [-0.39, 0.29) is 49.3 Å². The third-order valence-electron chi connectivity index (χ3n) is 5.66. The highest BCUT2D eigenvalue weighted by Gasteiger charge is 2.47.